The lowest BCUT2D eigenvalue weighted by Gasteiger charge is -2.32. The minimum absolute atomic E-state index is 0.0628. The van der Waals surface area contributed by atoms with Crippen LogP contribution in [0.1, 0.15) is 25.7 Å². The molecule has 2 amide bonds. The van der Waals surface area contributed by atoms with Crippen molar-refractivity contribution in [3.63, 3.8) is 0 Å². The lowest BCUT2D eigenvalue weighted by molar-refractivity contribution is 0.108. The van der Waals surface area contributed by atoms with Crippen LogP contribution in [-0.2, 0) is 14.8 Å². The van der Waals surface area contributed by atoms with Gasteiger partial charge in [0.25, 0.3) is 0 Å². The average molecular weight is 305 g/mol. The van der Waals surface area contributed by atoms with Gasteiger partial charge in [-0.05, 0) is 25.7 Å². The fourth-order valence-corrected chi connectivity index (χ4v) is 3.46. The molecule has 2 rings (SSSR count). The molecule has 2 heterocycles. The zero-order valence-electron chi connectivity index (χ0n) is 11.8. The third-order valence-corrected chi connectivity index (χ3v) is 4.43. The number of piperidine rings is 1. The highest BCUT2D eigenvalue weighted by Gasteiger charge is 2.25. The molecule has 0 radical (unpaired) electrons. The molecule has 1 atom stereocenters. The van der Waals surface area contributed by atoms with Gasteiger partial charge in [0.2, 0.25) is 10.0 Å². The van der Waals surface area contributed by atoms with Crippen LogP contribution < -0.4 is 10.0 Å². The van der Waals surface area contributed by atoms with Crippen molar-refractivity contribution < 1.29 is 17.9 Å². The van der Waals surface area contributed by atoms with E-state index >= 15 is 0 Å². The monoisotopic (exact) mass is 305 g/mol. The molecule has 2 saturated heterocycles. The number of carbonyl (C=O) groups excluding carboxylic acids is 1. The number of hydrogen-bond donors (Lipinski definition) is 2. The van der Waals surface area contributed by atoms with Gasteiger partial charge in [-0.15, -0.1) is 0 Å². The van der Waals surface area contributed by atoms with Crippen molar-refractivity contribution in [2.24, 2.45) is 0 Å². The number of rotatable bonds is 4. The van der Waals surface area contributed by atoms with E-state index in [1.807, 2.05) is 0 Å². The van der Waals surface area contributed by atoms with E-state index in [0.29, 0.717) is 32.5 Å². The molecule has 2 fully saturated rings. The lowest BCUT2D eigenvalue weighted by Crippen LogP contribution is -2.50. The van der Waals surface area contributed by atoms with Gasteiger partial charge in [0.15, 0.2) is 0 Å². The summed E-state index contributed by atoms with van der Waals surface area (Å²) >= 11 is 0. The van der Waals surface area contributed by atoms with Gasteiger partial charge in [-0.3, -0.25) is 0 Å². The summed E-state index contributed by atoms with van der Waals surface area (Å²) in [5.41, 5.74) is 0. The van der Waals surface area contributed by atoms with Gasteiger partial charge < -0.3 is 15.0 Å². The van der Waals surface area contributed by atoms with Gasteiger partial charge in [0, 0.05) is 32.3 Å². The van der Waals surface area contributed by atoms with Crippen molar-refractivity contribution in [2.45, 2.75) is 37.8 Å². The Morgan fingerprint density at radius 3 is 2.55 bits per heavy atom. The van der Waals surface area contributed by atoms with Crippen molar-refractivity contribution in [3.05, 3.63) is 0 Å². The number of urea groups is 1. The Kier molecular flexibility index (Phi) is 5.22. The molecule has 2 aliphatic rings. The summed E-state index contributed by atoms with van der Waals surface area (Å²) in [6.45, 7) is 2.48. The van der Waals surface area contributed by atoms with Crippen molar-refractivity contribution in [3.8, 4) is 0 Å². The molecule has 0 saturated carbocycles. The SMILES string of the molecule is CS(=O)(=O)NC1CCN(C(=O)NC[C@@H]2CCCO2)CC1. The maximum Gasteiger partial charge on any atom is 0.317 e. The van der Waals surface area contributed by atoms with Gasteiger partial charge >= 0.3 is 6.03 Å². The predicted molar refractivity (Wildman–Crippen MR) is 74.9 cm³/mol. The standard InChI is InChI=1S/C12H23N3O4S/c1-20(17,18)14-10-4-6-15(7-5-10)12(16)13-9-11-3-2-8-19-11/h10-11,14H,2-9H2,1H3,(H,13,16)/t11-/m0/s1. The van der Waals surface area contributed by atoms with Gasteiger partial charge in [0.05, 0.1) is 12.4 Å². The summed E-state index contributed by atoms with van der Waals surface area (Å²) in [7, 11) is -3.17. The largest absolute Gasteiger partial charge is 0.376 e. The fourth-order valence-electron chi connectivity index (χ4n) is 2.62. The summed E-state index contributed by atoms with van der Waals surface area (Å²) in [4.78, 5) is 13.7. The van der Waals surface area contributed by atoms with E-state index in [-0.39, 0.29) is 18.2 Å². The zero-order valence-corrected chi connectivity index (χ0v) is 12.6. The smallest absolute Gasteiger partial charge is 0.317 e. The molecule has 0 aromatic rings. The van der Waals surface area contributed by atoms with Gasteiger partial charge in [-0.2, -0.15) is 0 Å². The number of amides is 2. The number of carbonyl (C=O) groups is 1. The maximum atomic E-state index is 12.0. The van der Waals surface area contributed by atoms with E-state index in [0.717, 1.165) is 25.7 Å². The van der Waals surface area contributed by atoms with E-state index in [1.54, 1.807) is 4.90 Å². The Morgan fingerprint density at radius 1 is 1.30 bits per heavy atom. The predicted octanol–water partition coefficient (Wildman–Crippen LogP) is -0.111. The lowest BCUT2D eigenvalue weighted by atomic mass is 10.1. The Hall–Kier alpha value is -0.860. The minimum atomic E-state index is -3.17. The Balaban J connectivity index is 1.68. The Morgan fingerprint density at radius 2 is 2.00 bits per heavy atom. The van der Waals surface area contributed by atoms with Crippen molar-refractivity contribution in [2.75, 3.05) is 32.5 Å². The highest BCUT2D eigenvalue weighted by Crippen LogP contribution is 2.13. The molecule has 0 unspecified atom stereocenters. The molecule has 0 aromatic heterocycles. The van der Waals surface area contributed by atoms with Crippen LogP contribution in [0.15, 0.2) is 0 Å². The van der Waals surface area contributed by atoms with Crippen LogP contribution in [0.3, 0.4) is 0 Å². The molecule has 8 heteroatoms. The van der Waals surface area contributed by atoms with Gasteiger partial charge in [-0.25, -0.2) is 17.9 Å². The van der Waals surface area contributed by atoms with Crippen LogP contribution in [0.25, 0.3) is 0 Å². The van der Waals surface area contributed by atoms with E-state index in [1.165, 1.54) is 0 Å². The molecular weight excluding hydrogens is 282 g/mol. The van der Waals surface area contributed by atoms with Crippen LogP contribution in [0.4, 0.5) is 4.79 Å². The molecule has 2 N–H and O–H groups in total. The first-order chi connectivity index (χ1) is 9.44. The highest BCUT2D eigenvalue weighted by atomic mass is 32.2. The third-order valence-electron chi connectivity index (χ3n) is 3.67. The number of hydrogen-bond acceptors (Lipinski definition) is 4. The molecule has 0 spiro atoms. The topological polar surface area (TPSA) is 87.7 Å². The van der Waals surface area contributed by atoms with Gasteiger partial charge in [-0.1, -0.05) is 0 Å². The Labute approximate surface area is 120 Å². The normalized spacial score (nSPS) is 24.9. The van der Waals surface area contributed by atoms with E-state index < -0.39 is 10.0 Å². The number of likely N-dealkylation sites (tertiary alicyclic amines) is 1. The van der Waals surface area contributed by atoms with Crippen LogP contribution in [0, 0.1) is 0 Å². The third kappa shape index (κ3) is 4.92. The number of sulfonamides is 1. The highest BCUT2D eigenvalue weighted by molar-refractivity contribution is 7.88. The summed E-state index contributed by atoms with van der Waals surface area (Å²) in [6.07, 6.45) is 4.67. The molecule has 0 aromatic carbocycles. The maximum absolute atomic E-state index is 12.0. The molecular formula is C12H23N3O4S. The minimum Gasteiger partial charge on any atom is -0.376 e. The molecule has 116 valence electrons. The second kappa shape index (κ2) is 6.73. The Bertz CT molecular complexity index is 426. The number of ether oxygens (including phenoxy) is 1. The van der Waals surface area contributed by atoms with Gasteiger partial charge in [0.1, 0.15) is 0 Å². The molecule has 7 nitrogen and oxygen atoms in total. The van der Waals surface area contributed by atoms with E-state index in [2.05, 4.69) is 10.0 Å². The first-order valence-electron chi connectivity index (χ1n) is 7.06. The quantitative estimate of drug-likeness (QED) is 0.758. The number of nitrogens with one attached hydrogen (secondary N) is 2. The summed E-state index contributed by atoms with van der Waals surface area (Å²) in [5, 5.41) is 2.88. The molecule has 20 heavy (non-hydrogen) atoms. The van der Waals surface area contributed by atoms with Crippen LogP contribution >= 0.6 is 0 Å². The second-order valence-corrected chi connectivity index (χ2v) is 7.25. The number of nitrogens with zero attached hydrogens (tertiary/aromatic N) is 1. The molecule has 0 bridgehead atoms. The zero-order chi connectivity index (χ0) is 14.6. The van der Waals surface area contributed by atoms with Crippen molar-refractivity contribution in [1.82, 2.24) is 14.9 Å². The van der Waals surface area contributed by atoms with E-state index in [9.17, 15) is 13.2 Å². The van der Waals surface area contributed by atoms with Crippen molar-refractivity contribution in [1.29, 1.82) is 0 Å². The second-order valence-electron chi connectivity index (χ2n) is 5.47. The summed E-state index contributed by atoms with van der Waals surface area (Å²) in [6, 6.07) is -0.148. The van der Waals surface area contributed by atoms with Crippen LogP contribution in [0.5, 0.6) is 0 Å². The average Bonchev–Trinajstić information content (AvgIpc) is 2.88. The first kappa shape index (κ1) is 15.5. The molecule has 0 aliphatic carbocycles. The molecule has 2 aliphatic heterocycles. The van der Waals surface area contributed by atoms with Crippen LogP contribution in [-0.4, -0.2) is 64.0 Å². The van der Waals surface area contributed by atoms with E-state index in [4.69, 9.17) is 4.74 Å². The summed E-state index contributed by atoms with van der Waals surface area (Å²) < 4.78 is 30.3. The first-order valence-corrected chi connectivity index (χ1v) is 8.95. The fraction of sp³-hybridized carbons (Fsp3) is 0.917. The van der Waals surface area contributed by atoms with Crippen LogP contribution in [0.2, 0.25) is 0 Å². The van der Waals surface area contributed by atoms with Crippen molar-refractivity contribution >= 4 is 16.1 Å². The summed E-state index contributed by atoms with van der Waals surface area (Å²) in [5.74, 6) is 0.